The number of methoxy groups -OCH3 is 2. The third kappa shape index (κ3) is 4.38. The van der Waals surface area contributed by atoms with E-state index in [1.165, 1.54) is 49.6 Å². The van der Waals surface area contributed by atoms with Gasteiger partial charge in [0.05, 0.1) is 14.2 Å². The van der Waals surface area contributed by atoms with Crippen molar-refractivity contribution in [2.45, 2.75) is 12.0 Å². The molecule has 2 atom stereocenters. The minimum absolute atomic E-state index is 0.00641. The lowest BCUT2D eigenvalue weighted by Gasteiger charge is -2.20. The zero-order chi connectivity index (χ0) is 24.4. The number of nitrogens with one attached hydrogen (secondary N) is 1. The molecule has 1 unspecified atom stereocenters. The molecule has 0 aliphatic carbocycles. The van der Waals surface area contributed by atoms with E-state index in [0.717, 1.165) is 12.1 Å². The lowest BCUT2D eigenvalue weighted by molar-refractivity contribution is -0.118. The Morgan fingerprint density at radius 2 is 1.79 bits per heavy atom. The summed E-state index contributed by atoms with van der Waals surface area (Å²) < 4.78 is 40.3. The number of rotatable bonds is 6. The van der Waals surface area contributed by atoms with Crippen LogP contribution in [0.3, 0.4) is 0 Å². The van der Waals surface area contributed by atoms with Crippen molar-refractivity contribution in [1.29, 1.82) is 0 Å². The maximum absolute atomic E-state index is 15.0. The molecule has 2 amide bonds. The van der Waals surface area contributed by atoms with Crippen LogP contribution < -0.4 is 19.7 Å². The molecule has 1 saturated heterocycles. The highest BCUT2D eigenvalue weighted by Crippen LogP contribution is 2.38. The van der Waals surface area contributed by atoms with Gasteiger partial charge in [-0.3, -0.25) is 14.5 Å². The molecule has 3 aromatic rings. The van der Waals surface area contributed by atoms with Crippen LogP contribution in [0.4, 0.5) is 14.6 Å². The molecule has 0 saturated carbocycles. The van der Waals surface area contributed by atoms with E-state index in [-0.39, 0.29) is 29.2 Å². The van der Waals surface area contributed by atoms with E-state index in [1.54, 1.807) is 12.1 Å². The Kier molecular flexibility index (Phi) is 6.65. The highest BCUT2D eigenvalue weighted by Gasteiger charge is 2.46. The Labute approximate surface area is 199 Å². The fraction of sp³-hybridized carbons (Fsp3) is 0.208. The Morgan fingerprint density at radius 3 is 2.41 bits per heavy atom. The summed E-state index contributed by atoms with van der Waals surface area (Å²) in [4.78, 5) is 31.8. The summed E-state index contributed by atoms with van der Waals surface area (Å²) in [7, 11) is 2.71. The Bertz CT molecular complexity index is 1220. The van der Waals surface area contributed by atoms with Crippen molar-refractivity contribution >= 4 is 29.2 Å². The van der Waals surface area contributed by atoms with Gasteiger partial charge >= 0.3 is 0 Å². The molecule has 2 aromatic carbocycles. The van der Waals surface area contributed by atoms with E-state index < -0.39 is 35.4 Å². The second-order valence-corrected chi connectivity index (χ2v) is 7.98. The van der Waals surface area contributed by atoms with E-state index in [2.05, 4.69) is 10.3 Å². The smallest absolute Gasteiger partial charge is 0.251 e. The van der Waals surface area contributed by atoms with E-state index in [9.17, 15) is 9.59 Å². The largest absolute Gasteiger partial charge is 0.497 e. The molecule has 10 heteroatoms. The molecule has 0 spiro atoms. The zero-order valence-corrected chi connectivity index (χ0v) is 19.0. The number of nitrogens with zero attached hydrogens (tertiary/aromatic N) is 2. The fourth-order valence-electron chi connectivity index (χ4n) is 3.95. The second kappa shape index (κ2) is 9.64. The SMILES string of the molecule is COc1cc(F)c([C@@H]2CN(c3ncccc3OC)C(=O)C2NC(=O)c2ccc(Cl)cc2)c(F)c1. The number of amides is 2. The molecule has 1 fully saturated rings. The van der Waals surface area contributed by atoms with E-state index in [0.29, 0.717) is 10.8 Å². The van der Waals surface area contributed by atoms with Gasteiger partial charge in [-0.15, -0.1) is 0 Å². The highest BCUT2D eigenvalue weighted by molar-refractivity contribution is 6.30. The van der Waals surface area contributed by atoms with Crippen LogP contribution in [0.1, 0.15) is 21.8 Å². The quantitative estimate of drug-likeness (QED) is 0.569. The number of halogens is 3. The summed E-state index contributed by atoms with van der Waals surface area (Å²) in [5, 5.41) is 3.06. The number of carbonyl (C=O) groups is 2. The Balaban J connectivity index is 1.76. The van der Waals surface area contributed by atoms with Crippen LogP contribution >= 0.6 is 11.6 Å². The Hall–Kier alpha value is -3.72. The molecule has 1 aromatic heterocycles. The molecule has 7 nitrogen and oxygen atoms in total. The topological polar surface area (TPSA) is 80.8 Å². The van der Waals surface area contributed by atoms with Gasteiger partial charge in [-0.25, -0.2) is 13.8 Å². The average molecular weight is 488 g/mol. The van der Waals surface area contributed by atoms with Gasteiger partial charge in [0.15, 0.2) is 11.6 Å². The molecule has 34 heavy (non-hydrogen) atoms. The summed E-state index contributed by atoms with van der Waals surface area (Å²) in [6, 6.07) is 10.1. The van der Waals surface area contributed by atoms with Crippen LogP contribution in [0.25, 0.3) is 0 Å². The molecule has 0 radical (unpaired) electrons. The third-order valence-electron chi connectivity index (χ3n) is 5.59. The summed E-state index contributed by atoms with van der Waals surface area (Å²) in [5.74, 6) is -3.55. The van der Waals surface area contributed by atoms with Crippen molar-refractivity contribution in [1.82, 2.24) is 10.3 Å². The summed E-state index contributed by atoms with van der Waals surface area (Å²) >= 11 is 5.88. The number of aromatic nitrogens is 1. The van der Waals surface area contributed by atoms with Crippen LogP contribution in [0.2, 0.25) is 5.02 Å². The number of benzene rings is 2. The maximum Gasteiger partial charge on any atom is 0.251 e. The van der Waals surface area contributed by atoms with Gasteiger partial charge in [0, 0.05) is 46.9 Å². The zero-order valence-electron chi connectivity index (χ0n) is 18.2. The maximum atomic E-state index is 15.0. The Morgan fingerprint density at radius 1 is 1.12 bits per heavy atom. The van der Waals surface area contributed by atoms with Crippen LogP contribution in [0, 0.1) is 11.6 Å². The van der Waals surface area contributed by atoms with E-state index >= 15 is 8.78 Å². The van der Waals surface area contributed by atoms with Gasteiger partial charge in [0.25, 0.3) is 11.8 Å². The third-order valence-corrected chi connectivity index (χ3v) is 5.84. The number of hydrogen-bond donors (Lipinski definition) is 1. The normalized spacial score (nSPS) is 17.6. The summed E-state index contributed by atoms with van der Waals surface area (Å²) in [5.41, 5.74) is -0.103. The van der Waals surface area contributed by atoms with Crippen molar-refractivity contribution in [2.24, 2.45) is 0 Å². The minimum atomic E-state index is -1.27. The highest BCUT2D eigenvalue weighted by atomic mass is 35.5. The van der Waals surface area contributed by atoms with Crippen molar-refractivity contribution in [2.75, 3.05) is 25.7 Å². The van der Waals surface area contributed by atoms with E-state index in [1.807, 2.05) is 0 Å². The van der Waals surface area contributed by atoms with Gasteiger partial charge in [0.2, 0.25) is 0 Å². The van der Waals surface area contributed by atoms with Crippen LogP contribution in [0.15, 0.2) is 54.7 Å². The average Bonchev–Trinajstić information content (AvgIpc) is 3.14. The first-order valence-corrected chi connectivity index (χ1v) is 10.6. The van der Waals surface area contributed by atoms with Gasteiger partial charge in [-0.1, -0.05) is 11.6 Å². The lowest BCUT2D eigenvalue weighted by Crippen LogP contribution is -2.44. The van der Waals surface area contributed by atoms with Crippen molar-refractivity contribution in [3.05, 3.63) is 82.5 Å². The number of anilines is 1. The molecular weight excluding hydrogens is 468 g/mol. The summed E-state index contributed by atoms with van der Waals surface area (Å²) in [6.07, 6.45) is 1.47. The fourth-order valence-corrected chi connectivity index (χ4v) is 4.07. The molecule has 1 N–H and O–H groups in total. The molecule has 1 aliphatic rings. The molecule has 1 aliphatic heterocycles. The van der Waals surface area contributed by atoms with Crippen molar-refractivity contribution in [3.63, 3.8) is 0 Å². The van der Waals surface area contributed by atoms with Crippen molar-refractivity contribution < 1.29 is 27.8 Å². The monoisotopic (exact) mass is 487 g/mol. The first-order chi connectivity index (χ1) is 16.3. The predicted molar refractivity (Wildman–Crippen MR) is 121 cm³/mol. The first kappa shape index (κ1) is 23.4. The number of carbonyl (C=O) groups excluding carboxylic acids is 2. The molecule has 0 bridgehead atoms. The second-order valence-electron chi connectivity index (χ2n) is 7.55. The number of ether oxygens (including phenoxy) is 2. The first-order valence-electron chi connectivity index (χ1n) is 10.2. The molecular formula is C24H20ClF2N3O4. The van der Waals surface area contributed by atoms with Crippen LogP contribution in [-0.4, -0.2) is 43.6 Å². The molecule has 4 rings (SSSR count). The van der Waals surface area contributed by atoms with Gasteiger partial charge in [0.1, 0.15) is 23.4 Å². The lowest BCUT2D eigenvalue weighted by atomic mass is 9.92. The van der Waals surface area contributed by atoms with Gasteiger partial charge in [-0.2, -0.15) is 0 Å². The van der Waals surface area contributed by atoms with Gasteiger partial charge < -0.3 is 14.8 Å². The van der Waals surface area contributed by atoms with Gasteiger partial charge in [-0.05, 0) is 36.4 Å². The van der Waals surface area contributed by atoms with Crippen LogP contribution in [0.5, 0.6) is 11.5 Å². The van der Waals surface area contributed by atoms with E-state index in [4.69, 9.17) is 21.1 Å². The predicted octanol–water partition coefficient (Wildman–Crippen LogP) is 3.96. The number of pyridine rings is 1. The van der Waals surface area contributed by atoms with Crippen LogP contribution in [-0.2, 0) is 4.79 Å². The molecule has 176 valence electrons. The standard InChI is InChI=1S/C24H20ClF2N3O4/c1-33-15-10-17(26)20(18(27)11-15)16-12-30(22-19(34-2)4-3-9-28-22)24(32)21(16)29-23(31)13-5-7-14(25)8-6-13/h3-11,16,21H,12H2,1-2H3,(H,29,31)/t16-,21?/m0/s1. The molecule has 2 heterocycles. The van der Waals surface area contributed by atoms with Crippen molar-refractivity contribution in [3.8, 4) is 11.5 Å². The number of hydrogen-bond acceptors (Lipinski definition) is 5. The summed E-state index contributed by atoms with van der Waals surface area (Å²) in [6.45, 7) is -0.141. The minimum Gasteiger partial charge on any atom is -0.497 e.